The standard InChI is InChI=1S/C17H28N2O/c1-13(18)10-14-6-8-15(9-7-14)19-11-16(2,3)20-17(4,5)12-19/h6-9,13H,10-12,18H2,1-5H3. The van der Waals surface area contributed by atoms with Gasteiger partial charge in [0.25, 0.3) is 0 Å². The Hall–Kier alpha value is -1.06. The van der Waals surface area contributed by atoms with Crippen LogP contribution in [0.4, 0.5) is 5.69 Å². The molecule has 1 saturated heterocycles. The van der Waals surface area contributed by atoms with Gasteiger partial charge in [0.1, 0.15) is 0 Å². The van der Waals surface area contributed by atoms with Gasteiger partial charge in [0, 0.05) is 24.8 Å². The van der Waals surface area contributed by atoms with E-state index in [1.807, 2.05) is 6.92 Å². The third kappa shape index (κ3) is 3.97. The minimum Gasteiger partial charge on any atom is -0.366 e. The summed E-state index contributed by atoms with van der Waals surface area (Å²) in [7, 11) is 0. The molecular formula is C17H28N2O. The fourth-order valence-corrected chi connectivity index (χ4v) is 3.18. The van der Waals surface area contributed by atoms with E-state index < -0.39 is 0 Å². The number of hydrogen-bond acceptors (Lipinski definition) is 3. The molecule has 20 heavy (non-hydrogen) atoms. The van der Waals surface area contributed by atoms with Crippen LogP contribution in [0.25, 0.3) is 0 Å². The molecule has 1 fully saturated rings. The van der Waals surface area contributed by atoms with Crippen LogP contribution in [0.2, 0.25) is 0 Å². The van der Waals surface area contributed by atoms with E-state index in [2.05, 4.69) is 56.9 Å². The highest BCUT2D eigenvalue weighted by molar-refractivity contribution is 5.49. The molecule has 0 amide bonds. The molecule has 0 radical (unpaired) electrons. The van der Waals surface area contributed by atoms with E-state index in [0.717, 1.165) is 19.5 Å². The third-order valence-electron chi connectivity index (χ3n) is 3.56. The second-order valence-electron chi connectivity index (χ2n) is 7.33. The third-order valence-corrected chi connectivity index (χ3v) is 3.56. The molecule has 0 aliphatic carbocycles. The monoisotopic (exact) mass is 276 g/mol. The molecule has 0 bridgehead atoms. The molecular weight excluding hydrogens is 248 g/mol. The van der Waals surface area contributed by atoms with Crippen LogP contribution in [0.1, 0.15) is 40.2 Å². The summed E-state index contributed by atoms with van der Waals surface area (Å²) >= 11 is 0. The molecule has 0 aromatic heterocycles. The Bertz CT molecular complexity index is 433. The van der Waals surface area contributed by atoms with Crippen molar-refractivity contribution < 1.29 is 4.74 Å². The lowest BCUT2D eigenvalue weighted by Crippen LogP contribution is -2.57. The molecule has 1 aromatic rings. The van der Waals surface area contributed by atoms with Gasteiger partial charge < -0.3 is 15.4 Å². The molecule has 3 heteroatoms. The first-order valence-corrected chi connectivity index (χ1v) is 7.47. The Morgan fingerprint density at radius 2 is 1.60 bits per heavy atom. The molecule has 1 aliphatic heterocycles. The van der Waals surface area contributed by atoms with Gasteiger partial charge in [-0.3, -0.25) is 0 Å². The number of rotatable bonds is 3. The van der Waals surface area contributed by atoms with Crippen LogP contribution in [0, 0.1) is 0 Å². The lowest BCUT2D eigenvalue weighted by molar-refractivity contribution is -0.133. The number of anilines is 1. The van der Waals surface area contributed by atoms with Crippen molar-refractivity contribution in [2.24, 2.45) is 5.73 Å². The van der Waals surface area contributed by atoms with Gasteiger partial charge in [0.2, 0.25) is 0 Å². The van der Waals surface area contributed by atoms with Gasteiger partial charge in [-0.2, -0.15) is 0 Å². The van der Waals surface area contributed by atoms with Crippen LogP contribution in [0.15, 0.2) is 24.3 Å². The van der Waals surface area contributed by atoms with Gasteiger partial charge in [-0.15, -0.1) is 0 Å². The molecule has 1 aliphatic rings. The van der Waals surface area contributed by atoms with Gasteiger partial charge in [-0.1, -0.05) is 12.1 Å². The second kappa shape index (κ2) is 5.38. The fourth-order valence-electron chi connectivity index (χ4n) is 3.18. The van der Waals surface area contributed by atoms with E-state index in [1.54, 1.807) is 0 Å². The van der Waals surface area contributed by atoms with Crippen molar-refractivity contribution in [1.82, 2.24) is 0 Å². The van der Waals surface area contributed by atoms with E-state index in [4.69, 9.17) is 10.5 Å². The van der Waals surface area contributed by atoms with E-state index in [0.29, 0.717) is 0 Å². The van der Waals surface area contributed by atoms with Gasteiger partial charge in [0.05, 0.1) is 11.2 Å². The molecule has 0 spiro atoms. The lowest BCUT2D eigenvalue weighted by atomic mass is 9.98. The highest BCUT2D eigenvalue weighted by atomic mass is 16.5. The quantitative estimate of drug-likeness (QED) is 0.922. The van der Waals surface area contributed by atoms with E-state index >= 15 is 0 Å². The largest absolute Gasteiger partial charge is 0.366 e. The van der Waals surface area contributed by atoms with E-state index in [1.165, 1.54) is 11.3 Å². The molecule has 0 saturated carbocycles. The number of ether oxygens (including phenoxy) is 1. The number of morpholine rings is 1. The molecule has 2 N–H and O–H groups in total. The maximum absolute atomic E-state index is 6.13. The smallest absolute Gasteiger partial charge is 0.0808 e. The Morgan fingerprint density at radius 1 is 1.10 bits per heavy atom. The maximum Gasteiger partial charge on any atom is 0.0808 e. The zero-order valence-electron chi connectivity index (χ0n) is 13.4. The maximum atomic E-state index is 6.13. The van der Waals surface area contributed by atoms with Crippen LogP contribution in [0.3, 0.4) is 0 Å². The zero-order chi connectivity index (χ0) is 15.0. The summed E-state index contributed by atoms with van der Waals surface area (Å²) in [4.78, 5) is 2.42. The average Bonchev–Trinajstić information content (AvgIpc) is 2.24. The zero-order valence-corrected chi connectivity index (χ0v) is 13.4. The van der Waals surface area contributed by atoms with Crippen LogP contribution >= 0.6 is 0 Å². The Kier molecular flexibility index (Phi) is 4.12. The summed E-state index contributed by atoms with van der Waals surface area (Å²) in [6.45, 7) is 12.5. The van der Waals surface area contributed by atoms with Gasteiger partial charge in [-0.25, -0.2) is 0 Å². The summed E-state index contributed by atoms with van der Waals surface area (Å²) < 4.78 is 6.13. The van der Waals surface area contributed by atoms with Crippen LogP contribution < -0.4 is 10.6 Å². The SMILES string of the molecule is CC(N)Cc1ccc(N2CC(C)(C)OC(C)(C)C2)cc1. The Balaban J connectivity index is 2.14. The highest BCUT2D eigenvalue weighted by Crippen LogP contribution is 2.31. The Labute approximate surface area is 123 Å². The van der Waals surface area contributed by atoms with Crippen LogP contribution in [-0.4, -0.2) is 30.3 Å². The van der Waals surface area contributed by atoms with Crippen molar-refractivity contribution in [2.75, 3.05) is 18.0 Å². The van der Waals surface area contributed by atoms with Crippen molar-refractivity contribution in [3.8, 4) is 0 Å². The van der Waals surface area contributed by atoms with Crippen molar-refractivity contribution in [3.05, 3.63) is 29.8 Å². The van der Waals surface area contributed by atoms with E-state index in [9.17, 15) is 0 Å². The molecule has 1 unspecified atom stereocenters. The molecule has 1 atom stereocenters. The first kappa shape index (κ1) is 15.3. The van der Waals surface area contributed by atoms with Crippen molar-refractivity contribution in [3.63, 3.8) is 0 Å². The average molecular weight is 276 g/mol. The molecule has 3 nitrogen and oxygen atoms in total. The first-order chi connectivity index (χ1) is 9.17. The minimum atomic E-state index is -0.119. The van der Waals surface area contributed by atoms with E-state index in [-0.39, 0.29) is 17.2 Å². The van der Waals surface area contributed by atoms with Crippen LogP contribution in [-0.2, 0) is 11.2 Å². The minimum absolute atomic E-state index is 0.119. The van der Waals surface area contributed by atoms with Gasteiger partial charge >= 0.3 is 0 Å². The molecule has 112 valence electrons. The van der Waals surface area contributed by atoms with Crippen molar-refractivity contribution in [2.45, 2.75) is 58.3 Å². The van der Waals surface area contributed by atoms with Crippen molar-refractivity contribution >= 4 is 5.69 Å². The summed E-state index contributed by atoms with van der Waals surface area (Å²) in [6.07, 6.45) is 0.931. The number of nitrogens with two attached hydrogens (primary N) is 1. The molecule has 1 aromatic carbocycles. The van der Waals surface area contributed by atoms with Crippen LogP contribution in [0.5, 0.6) is 0 Å². The molecule has 1 heterocycles. The van der Waals surface area contributed by atoms with Gasteiger partial charge in [0.15, 0.2) is 0 Å². The summed E-state index contributed by atoms with van der Waals surface area (Å²) in [5, 5.41) is 0. The predicted molar refractivity (Wildman–Crippen MR) is 85.3 cm³/mol. The highest BCUT2D eigenvalue weighted by Gasteiger charge is 2.38. The Morgan fingerprint density at radius 3 is 2.05 bits per heavy atom. The molecule has 2 rings (SSSR count). The number of benzene rings is 1. The normalized spacial score (nSPS) is 22.6. The van der Waals surface area contributed by atoms with Gasteiger partial charge in [-0.05, 0) is 58.7 Å². The second-order valence-corrected chi connectivity index (χ2v) is 7.33. The number of nitrogens with zero attached hydrogens (tertiary/aromatic N) is 1. The number of hydrogen-bond donors (Lipinski definition) is 1. The first-order valence-electron chi connectivity index (χ1n) is 7.47. The lowest BCUT2D eigenvalue weighted by Gasteiger charge is -2.48. The summed E-state index contributed by atoms with van der Waals surface area (Å²) in [5.41, 5.74) is 8.18. The topological polar surface area (TPSA) is 38.5 Å². The predicted octanol–water partition coefficient (Wildman–Crippen LogP) is 2.97. The van der Waals surface area contributed by atoms with Crippen molar-refractivity contribution in [1.29, 1.82) is 0 Å². The summed E-state index contributed by atoms with van der Waals surface area (Å²) in [6, 6.07) is 8.99. The fraction of sp³-hybridized carbons (Fsp3) is 0.647. The summed E-state index contributed by atoms with van der Waals surface area (Å²) in [5.74, 6) is 0.